The minimum absolute atomic E-state index is 0.0439. The van der Waals surface area contributed by atoms with E-state index in [1.165, 1.54) is 37.7 Å². The molecule has 0 radical (unpaired) electrons. The van der Waals surface area contributed by atoms with Crippen LogP contribution in [-0.4, -0.2) is 18.6 Å². The molecule has 1 aromatic rings. The van der Waals surface area contributed by atoms with Crippen LogP contribution in [0.4, 0.5) is 0 Å². The topological polar surface area (TPSA) is 38.3 Å². The highest BCUT2D eigenvalue weighted by Crippen LogP contribution is 2.53. The standard InChI is InChI=1S/C21H29NO2/c1-13(2)16-4-3-5-19(11-16)24-12-20(23)22-21-17-7-14-6-15(9-17)10-18(21)8-14/h3-5,11,13-15,17-18,21H,6-10,12H2,1-2H3,(H,22,23). The molecule has 0 spiro atoms. The molecule has 0 heterocycles. The molecular weight excluding hydrogens is 298 g/mol. The van der Waals surface area contributed by atoms with Gasteiger partial charge in [-0.3, -0.25) is 4.79 Å². The van der Waals surface area contributed by atoms with E-state index in [1.54, 1.807) is 0 Å². The first kappa shape index (κ1) is 16.0. The molecule has 1 aromatic carbocycles. The van der Waals surface area contributed by atoms with Crippen molar-refractivity contribution >= 4 is 5.91 Å². The summed E-state index contributed by atoms with van der Waals surface area (Å²) in [6, 6.07) is 8.48. The maximum Gasteiger partial charge on any atom is 0.258 e. The van der Waals surface area contributed by atoms with Crippen LogP contribution in [0.5, 0.6) is 5.75 Å². The van der Waals surface area contributed by atoms with Crippen molar-refractivity contribution in [3.63, 3.8) is 0 Å². The highest BCUT2D eigenvalue weighted by atomic mass is 16.5. The largest absolute Gasteiger partial charge is 0.484 e. The third kappa shape index (κ3) is 3.18. The van der Waals surface area contributed by atoms with Crippen LogP contribution in [0.25, 0.3) is 0 Å². The van der Waals surface area contributed by atoms with Crippen LogP contribution in [0, 0.1) is 23.7 Å². The van der Waals surface area contributed by atoms with Crippen LogP contribution >= 0.6 is 0 Å². The number of nitrogens with one attached hydrogen (secondary N) is 1. The number of amides is 1. The SMILES string of the molecule is CC(C)c1cccc(OCC(=O)NC2C3CC4CC(C3)CC2C4)c1. The fraction of sp³-hybridized carbons (Fsp3) is 0.667. The molecular formula is C21H29NO2. The predicted molar refractivity (Wildman–Crippen MR) is 95.0 cm³/mol. The zero-order chi connectivity index (χ0) is 16.7. The molecule has 0 aliphatic heterocycles. The minimum atomic E-state index is 0.0439. The van der Waals surface area contributed by atoms with Crippen LogP contribution < -0.4 is 10.1 Å². The van der Waals surface area contributed by atoms with E-state index in [4.69, 9.17) is 4.74 Å². The molecule has 4 bridgehead atoms. The summed E-state index contributed by atoms with van der Waals surface area (Å²) in [5.74, 6) is 4.62. The summed E-state index contributed by atoms with van der Waals surface area (Å²) in [7, 11) is 0. The Morgan fingerprint density at radius 3 is 2.42 bits per heavy atom. The van der Waals surface area contributed by atoms with Gasteiger partial charge in [-0.1, -0.05) is 26.0 Å². The van der Waals surface area contributed by atoms with Gasteiger partial charge < -0.3 is 10.1 Å². The van der Waals surface area contributed by atoms with Crippen molar-refractivity contribution in [3.8, 4) is 5.75 Å². The molecule has 0 saturated heterocycles. The molecule has 4 saturated carbocycles. The highest BCUT2D eigenvalue weighted by molar-refractivity contribution is 5.78. The molecule has 4 aliphatic carbocycles. The Labute approximate surface area is 145 Å². The second-order valence-corrected chi connectivity index (χ2v) is 8.54. The fourth-order valence-corrected chi connectivity index (χ4v) is 5.50. The maximum atomic E-state index is 12.4. The van der Waals surface area contributed by atoms with Crippen molar-refractivity contribution in [1.82, 2.24) is 5.32 Å². The lowest BCUT2D eigenvalue weighted by molar-refractivity contribution is -0.127. The second-order valence-electron chi connectivity index (χ2n) is 8.54. The predicted octanol–water partition coefficient (Wildman–Crippen LogP) is 4.13. The number of hydrogen-bond donors (Lipinski definition) is 1. The van der Waals surface area contributed by atoms with E-state index in [0.717, 1.165) is 29.4 Å². The van der Waals surface area contributed by atoms with Crippen LogP contribution in [0.1, 0.15) is 57.4 Å². The molecule has 3 nitrogen and oxygen atoms in total. The van der Waals surface area contributed by atoms with Gasteiger partial charge in [0.25, 0.3) is 5.91 Å². The van der Waals surface area contributed by atoms with Gasteiger partial charge in [-0.15, -0.1) is 0 Å². The number of benzene rings is 1. The van der Waals surface area contributed by atoms with E-state index in [1.807, 2.05) is 18.2 Å². The Kier molecular flexibility index (Phi) is 4.28. The summed E-state index contributed by atoms with van der Waals surface area (Å²) in [6.45, 7) is 4.46. The van der Waals surface area contributed by atoms with Crippen LogP contribution in [0.2, 0.25) is 0 Å². The lowest BCUT2D eigenvalue weighted by Crippen LogP contribution is -2.56. The van der Waals surface area contributed by atoms with Crippen molar-refractivity contribution < 1.29 is 9.53 Å². The van der Waals surface area contributed by atoms with E-state index >= 15 is 0 Å². The average molecular weight is 327 g/mol. The number of hydrogen-bond acceptors (Lipinski definition) is 2. The zero-order valence-electron chi connectivity index (χ0n) is 14.8. The van der Waals surface area contributed by atoms with Gasteiger partial charge in [-0.2, -0.15) is 0 Å². The summed E-state index contributed by atoms with van der Waals surface area (Å²) in [6.07, 6.45) is 6.76. The number of ether oxygens (including phenoxy) is 1. The Balaban J connectivity index is 1.32. The third-order valence-corrected chi connectivity index (χ3v) is 6.45. The summed E-state index contributed by atoms with van der Waals surface area (Å²) in [5, 5.41) is 3.31. The van der Waals surface area contributed by atoms with Gasteiger partial charge in [0.15, 0.2) is 6.61 Å². The van der Waals surface area contributed by atoms with Crippen molar-refractivity contribution in [3.05, 3.63) is 29.8 Å². The van der Waals surface area contributed by atoms with Crippen molar-refractivity contribution in [2.75, 3.05) is 6.61 Å². The quantitative estimate of drug-likeness (QED) is 0.883. The van der Waals surface area contributed by atoms with E-state index in [2.05, 4.69) is 25.2 Å². The van der Waals surface area contributed by atoms with Crippen LogP contribution in [-0.2, 0) is 4.79 Å². The molecule has 0 atom stereocenters. The first-order valence-electron chi connectivity index (χ1n) is 9.60. The van der Waals surface area contributed by atoms with Crippen molar-refractivity contribution in [2.45, 2.75) is 57.9 Å². The third-order valence-electron chi connectivity index (χ3n) is 6.45. The molecule has 1 amide bonds. The Morgan fingerprint density at radius 1 is 1.12 bits per heavy atom. The Morgan fingerprint density at radius 2 is 1.79 bits per heavy atom. The summed E-state index contributed by atoms with van der Waals surface area (Å²) in [4.78, 5) is 12.4. The van der Waals surface area contributed by atoms with Crippen LogP contribution in [0.3, 0.4) is 0 Å². The van der Waals surface area contributed by atoms with E-state index in [-0.39, 0.29) is 12.5 Å². The summed E-state index contributed by atoms with van der Waals surface area (Å²) < 4.78 is 5.74. The van der Waals surface area contributed by atoms with Gasteiger partial charge in [0, 0.05) is 6.04 Å². The summed E-state index contributed by atoms with van der Waals surface area (Å²) in [5.41, 5.74) is 1.24. The molecule has 24 heavy (non-hydrogen) atoms. The van der Waals surface area contributed by atoms with Gasteiger partial charge in [0.2, 0.25) is 0 Å². The zero-order valence-corrected chi connectivity index (χ0v) is 14.8. The first-order chi connectivity index (χ1) is 11.6. The van der Waals surface area contributed by atoms with Gasteiger partial charge >= 0.3 is 0 Å². The molecule has 0 aromatic heterocycles. The van der Waals surface area contributed by atoms with Gasteiger partial charge in [0.1, 0.15) is 5.75 Å². The second kappa shape index (κ2) is 6.42. The molecule has 3 heteroatoms. The van der Waals surface area contributed by atoms with Gasteiger partial charge in [-0.05, 0) is 79.4 Å². The Hall–Kier alpha value is -1.51. The first-order valence-corrected chi connectivity index (χ1v) is 9.60. The normalized spacial score (nSPS) is 33.7. The van der Waals surface area contributed by atoms with Gasteiger partial charge in [-0.25, -0.2) is 0 Å². The molecule has 5 rings (SSSR count). The van der Waals surface area contributed by atoms with E-state index in [0.29, 0.717) is 12.0 Å². The lowest BCUT2D eigenvalue weighted by atomic mass is 9.54. The van der Waals surface area contributed by atoms with Crippen molar-refractivity contribution in [2.24, 2.45) is 23.7 Å². The summed E-state index contributed by atoms with van der Waals surface area (Å²) >= 11 is 0. The number of carbonyl (C=O) groups is 1. The average Bonchev–Trinajstić information content (AvgIpc) is 2.56. The molecule has 4 aliphatic rings. The van der Waals surface area contributed by atoms with E-state index < -0.39 is 0 Å². The van der Waals surface area contributed by atoms with Crippen molar-refractivity contribution in [1.29, 1.82) is 0 Å². The smallest absolute Gasteiger partial charge is 0.258 e. The molecule has 0 unspecified atom stereocenters. The molecule has 1 N–H and O–H groups in total. The highest BCUT2D eigenvalue weighted by Gasteiger charge is 2.48. The fourth-order valence-electron chi connectivity index (χ4n) is 5.50. The maximum absolute atomic E-state index is 12.4. The number of rotatable bonds is 5. The monoisotopic (exact) mass is 327 g/mol. The molecule has 4 fully saturated rings. The molecule has 130 valence electrons. The minimum Gasteiger partial charge on any atom is -0.484 e. The number of carbonyl (C=O) groups excluding carboxylic acids is 1. The van der Waals surface area contributed by atoms with E-state index in [9.17, 15) is 4.79 Å². The van der Waals surface area contributed by atoms with Crippen LogP contribution in [0.15, 0.2) is 24.3 Å². The van der Waals surface area contributed by atoms with Gasteiger partial charge in [0.05, 0.1) is 0 Å². The lowest BCUT2D eigenvalue weighted by Gasteiger charge is -2.54. The Bertz CT molecular complexity index is 582.